The van der Waals surface area contributed by atoms with Crippen molar-refractivity contribution in [2.24, 2.45) is 5.92 Å². The lowest BCUT2D eigenvalue weighted by atomic mass is 10.1. The predicted octanol–water partition coefficient (Wildman–Crippen LogP) is 5.83. The second-order valence-corrected chi connectivity index (χ2v) is 8.96. The van der Waals surface area contributed by atoms with Crippen molar-refractivity contribution in [1.82, 2.24) is 4.90 Å². The normalized spacial score (nSPS) is 11.9. The van der Waals surface area contributed by atoms with E-state index in [2.05, 4.69) is 12.2 Å². The molecule has 0 aromatic heterocycles. The lowest BCUT2D eigenvalue weighted by Gasteiger charge is -2.31. The van der Waals surface area contributed by atoms with Gasteiger partial charge in [0.2, 0.25) is 5.91 Å². The Balaban J connectivity index is 2.40. The number of carbonyl (C=O) groups is 2. The van der Waals surface area contributed by atoms with Crippen LogP contribution in [0.3, 0.4) is 0 Å². The van der Waals surface area contributed by atoms with Crippen molar-refractivity contribution >= 4 is 34.8 Å². The second-order valence-electron chi connectivity index (χ2n) is 8.55. The van der Waals surface area contributed by atoms with Gasteiger partial charge in [0.15, 0.2) is 0 Å². The summed E-state index contributed by atoms with van der Waals surface area (Å²) in [5, 5.41) is 3.43. The number of benzene rings is 2. The molecule has 6 heteroatoms. The van der Waals surface area contributed by atoms with Gasteiger partial charge in [-0.05, 0) is 55.2 Å². The molecule has 0 aliphatic heterocycles. The van der Waals surface area contributed by atoms with Crippen LogP contribution in [0.15, 0.2) is 42.5 Å². The Morgan fingerprint density at radius 2 is 1.74 bits per heavy atom. The fourth-order valence-electron chi connectivity index (χ4n) is 3.43. The van der Waals surface area contributed by atoms with Gasteiger partial charge in [0.05, 0.1) is 10.6 Å². The third-order valence-corrected chi connectivity index (χ3v) is 5.60. The molecule has 0 fully saturated rings. The average molecular weight is 444 g/mol. The fraction of sp³-hybridized carbons (Fsp3) is 0.440. The van der Waals surface area contributed by atoms with E-state index in [0.29, 0.717) is 23.6 Å². The Labute approximate surface area is 191 Å². The first-order valence-electron chi connectivity index (χ1n) is 10.8. The Hall–Kier alpha value is -2.53. The van der Waals surface area contributed by atoms with Crippen LogP contribution in [0, 0.1) is 5.92 Å². The molecule has 0 unspecified atom stereocenters. The zero-order valence-corrected chi connectivity index (χ0v) is 20.2. The van der Waals surface area contributed by atoms with Crippen molar-refractivity contribution in [2.45, 2.75) is 53.1 Å². The highest BCUT2D eigenvalue weighted by molar-refractivity contribution is 6.33. The average Bonchev–Trinajstić information content (AvgIpc) is 2.70. The largest absolute Gasteiger partial charge is 0.377 e. The summed E-state index contributed by atoms with van der Waals surface area (Å²) < 4.78 is 0. The molecule has 0 heterocycles. The number of rotatable bonds is 9. The molecular weight excluding hydrogens is 410 g/mol. The summed E-state index contributed by atoms with van der Waals surface area (Å²) in [6.07, 6.45) is 1.28. The van der Waals surface area contributed by atoms with Crippen LogP contribution in [0.25, 0.3) is 0 Å². The van der Waals surface area contributed by atoms with Gasteiger partial charge >= 0.3 is 0 Å². The molecule has 1 atom stereocenters. The maximum absolute atomic E-state index is 13.4. The van der Waals surface area contributed by atoms with Crippen LogP contribution in [0.2, 0.25) is 5.02 Å². The van der Waals surface area contributed by atoms with Gasteiger partial charge in [-0.3, -0.25) is 9.59 Å². The van der Waals surface area contributed by atoms with Gasteiger partial charge in [-0.2, -0.15) is 0 Å². The van der Waals surface area contributed by atoms with Crippen molar-refractivity contribution in [2.75, 3.05) is 24.3 Å². The maximum atomic E-state index is 13.4. The number of nitrogens with one attached hydrogen (secondary N) is 1. The zero-order chi connectivity index (χ0) is 23.1. The molecule has 0 saturated carbocycles. The van der Waals surface area contributed by atoms with E-state index in [4.69, 9.17) is 11.6 Å². The summed E-state index contributed by atoms with van der Waals surface area (Å²) in [5.41, 5.74) is 3.20. The quantitative estimate of drug-likeness (QED) is 0.530. The molecule has 0 aliphatic carbocycles. The molecule has 168 valence electrons. The van der Waals surface area contributed by atoms with Crippen LogP contribution >= 0.6 is 11.6 Å². The second kappa shape index (κ2) is 11.2. The number of anilines is 2. The summed E-state index contributed by atoms with van der Waals surface area (Å²) in [6, 6.07) is 13.0. The van der Waals surface area contributed by atoms with E-state index in [1.54, 1.807) is 12.1 Å². The number of halogens is 1. The van der Waals surface area contributed by atoms with Gasteiger partial charge in [0, 0.05) is 44.5 Å². The van der Waals surface area contributed by atoms with Crippen LogP contribution in [-0.2, 0) is 11.3 Å². The highest BCUT2D eigenvalue weighted by Gasteiger charge is 2.24. The van der Waals surface area contributed by atoms with E-state index in [0.717, 1.165) is 23.4 Å². The molecular formula is C25H34ClN3O2. The predicted molar refractivity (Wildman–Crippen MR) is 130 cm³/mol. The molecule has 2 amide bonds. The molecule has 2 aromatic carbocycles. The molecule has 2 rings (SSSR count). The minimum Gasteiger partial charge on any atom is -0.377 e. The third kappa shape index (κ3) is 6.73. The van der Waals surface area contributed by atoms with Gasteiger partial charge in [-0.15, -0.1) is 0 Å². The monoisotopic (exact) mass is 443 g/mol. The minimum atomic E-state index is -0.0982. The van der Waals surface area contributed by atoms with Crippen molar-refractivity contribution in [1.29, 1.82) is 0 Å². The van der Waals surface area contributed by atoms with Crippen LogP contribution < -0.4 is 10.2 Å². The number of carbonyl (C=O) groups excluding carboxylic acids is 2. The molecule has 1 N–H and O–H groups in total. The molecule has 0 bridgehead atoms. The highest BCUT2D eigenvalue weighted by atomic mass is 35.5. The topological polar surface area (TPSA) is 52.7 Å². The summed E-state index contributed by atoms with van der Waals surface area (Å²) >= 11 is 6.32. The van der Waals surface area contributed by atoms with Gasteiger partial charge in [0.1, 0.15) is 0 Å². The van der Waals surface area contributed by atoms with Crippen LogP contribution in [0.4, 0.5) is 11.4 Å². The van der Waals surface area contributed by atoms with Gasteiger partial charge in [-0.1, -0.05) is 44.5 Å². The summed E-state index contributed by atoms with van der Waals surface area (Å²) in [5.74, 6) is 0.179. The van der Waals surface area contributed by atoms with Crippen molar-refractivity contribution < 1.29 is 9.59 Å². The molecule has 5 nitrogen and oxygen atoms in total. The SMILES string of the molecule is CC[C@H](C)N(Cc1cc(NC(=O)CC(C)C)ccc1N(C)C)C(=O)c1ccccc1Cl. The van der Waals surface area contributed by atoms with Gasteiger partial charge in [-0.25, -0.2) is 0 Å². The fourth-order valence-corrected chi connectivity index (χ4v) is 3.65. The summed E-state index contributed by atoms with van der Waals surface area (Å²) in [6.45, 7) is 8.56. The first kappa shape index (κ1) is 24.7. The Kier molecular flexibility index (Phi) is 8.93. The first-order valence-corrected chi connectivity index (χ1v) is 11.2. The molecule has 0 aliphatic rings. The third-order valence-electron chi connectivity index (χ3n) is 5.27. The van der Waals surface area contributed by atoms with Crippen LogP contribution in [0.5, 0.6) is 0 Å². The molecule has 0 saturated heterocycles. The zero-order valence-electron chi connectivity index (χ0n) is 19.4. The standard InChI is InChI=1S/C25H34ClN3O2/c1-7-18(4)29(25(31)21-10-8-9-11-22(21)26)16-19-15-20(12-13-23(19)28(5)6)27-24(30)14-17(2)3/h8-13,15,17-18H,7,14,16H2,1-6H3,(H,27,30)/t18-/m0/s1. The van der Waals surface area contributed by atoms with E-state index >= 15 is 0 Å². The van der Waals surface area contributed by atoms with E-state index < -0.39 is 0 Å². The Bertz CT molecular complexity index is 911. The van der Waals surface area contributed by atoms with Gasteiger partial charge < -0.3 is 15.1 Å². The summed E-state index contributed by atoms with van der Waals surface area (Å²) in [7, 11) is 3.94. The van der Waals surface area contributed by atoms with E-state index in [9.17, 15) is 9.59 Å². The summed E-state index contributed by atoms with van der Waals surface area (Å²) in [4.78, 5) is 29.5. The van der Waals surface area contributed by atoms with E-state index in [1.165, 1.54) is 0 Å². The molecule has 31 heavy (non-hydrogen) atoms. The first-order chi connectivity index (χ1) is 14.6. The van der Waals surface area contributed by atoms with E-state index in [1.807, 2.05) is 75.0 Å². The number of hydrogen-bond acceptors (Lipinski definition) is 3. The lowest BCUT2D eigenvalue weighted by molar-refractivity contribution is -0.116. The Morgan fingerprint density at radius 3 is 2.32 bits per heavy atom. The maximum Gasteiger partial charge on any atom is 0.255 e. The van der Waals surface area contributed by atoms with Crippen LogP contribution in [0.1, 0.15) is 56.5 Å². The van der Waals surface area contributed by atoms with Gasteiger partial charge in [0.25, 0.3) is 5.91 Å². The number of amides is 2. The van der Waals surface area contributed by atoms with E-state index in [-0.39, 0.29) is 23.8 Å². The Morgan fingerprint density at radius 1 is 1.06 bits per heavy atom. The minimum absolute atomic E-state index is 0.00974. The lowest BCUT2D eigenvalue weighted by Crippen LogP contribution is -2.38. The molecule has 0 spiro atoms. The van der Waals surface area contributed by atoms with Crippen molar-refractivity contribution in [3.8, 4) is 0 Å². The van der Waals surface area contributed by atoms with Crippen molar-refractivity contribution in [3.63, 3.8) is 0 Å². The number of hydrogen-bond donors (Lipinski definition) is 1. The van der Waals surface area contributed by atoms with Crippen LogP contribution in [-0.4, -0.2) is 36.9 Å². The highest BCUT2D eigenvalue weighted by Crippen LogP contribution is 2.27. The molecule has 0 radical (unpaired) electrons. The number of nitrogens with zero attached hydrogens (tertiary/aromatic N) is 2. The smallest absolute Gasteiger partial charge is 0.255 e. The molecule has 2 aromatic rings. The van der Waals surface area contributed by atoms with Crippen molar-refractivity contribution in [3.05, 3.63) is 58.6 Å².